The first-order valence-electron chi connectivity index (χ1n) is 5.23. The summed E-state index contributed by atoms with van der Waals surface area (Å²) in [6, 6.07) is 1.47. The Kier molecular flexibility index (Phi) is 6.16. The lowest BCUT2D eigenvalue weighted by Crippen LogP contribution is -2.36. The summed E-state index contributed by atoms with van der Waals surface area (Å²) in [4.78, 5) is 3.91. The van der Waals surface area contributed by atoms with Crippen molar-refractivity contribution in [2.24, 2.45) is 0 Å². The minimum atomic E-state index is -3.66. The summed E-state index contributed by atoms with van der Waals surface area (Å²) in [5.74, 6) is 0. The molecule has 0 aliphatic rings. The fourth-order valence-corrected chi connectivity index (χ4v) is 3.26. The van der Waals surface area contributed by atoms with Gasteiger partial charge in [-0.3, -0.25) is 4.98 Å². The van der Waals surface area contributed by atoms with Crippen molar-refractivity contribution in [3.8, 4) is 0 Å². The third-order valence-corrected chi connectivity index (χ3v) is 4.51. The fraction of sp³-hybridized carbons (Fsp3) is 0.500. The van der Waals surface area contributed by atoms with Crippen molar-refractivity contribution in [2.45, 2.75) is 4.90 Å². The molecule has 1 N–H and O–H groups in total. The molecule has 0 saturated carbocycles. The van der Waals surface area contributed by atoms with Crippen LogP contribution in [0.15, 0.2) is 27.8 Å². The molecule has 0 fully saturated rings. The van der Waals surface area contributed by atoms with Crippen LogP contribution in [0.3, 0.4) is 0 Å². The first kappa shape index (κ1) is 15.5. The van der Waals surface area contributed by atoms with Crippen LogP contribution in [0, 0.1) is 0 Å². The van der Waals surface area contributed by atoms with Gasteiger partial charge in [0.15, 0.2) is 0 Å². The molecule has 0 aliphatic heterocycles. The van der Waals surface area contributed by atoms with Crippen molar-refractivity contribution >= 4 is 26.0 Å². The van der Waals surface area contributed by atoms with Gasteiger partial charge < -0.3 is 9.84 Å². The fourth-order valence-electron chi connectivity index (χ4n) is 1.34. The van der Waals surface area contributed by atoms with E-state index in [-0.39, 0.29) is 31.2 Å². The maximum absolute atomic E-state index is 12.3. The lowest BCUT2D eigenvalue weighted by Gasteiger charge is -2.20. The molecule has 0 amide bonds. The lowest BCUT2D eigenvalue weighted by molar-refractivity contribution is 0.168. The molecule has 0 spiro atoms. The van der Waals surface area contributed by atoms with Gasteiger partial charge in [0.25, 0.3) is 0 Å². The first-order chi connectivity index (χ1) is 8.52. The van der Waals surface area contributed by atoms with Crippen LogP contribution in [0.5, 0.6) is 0 Å². The maximum Gasteiger partial charge on any atom is 0.244 e. The second kappa shape index (κ2) is 7.15. The predicted octanol–water partition coefficient (Wildman–Crippen LogP) is 0.474. The Bertz CT molecular complexity index is 481. The number of hydrogen-bond donors (Lipinski definition) is 1. The Hall–Kier alpha value is -0.540. The van der Waals surface area contributed by atoms with Gasteiger partial charge in [0, 0.05) is 37.1 Å². The Morgan fingerprint density at radius 2 is 2.17 bits per heavy atom. The van der Waals surface area contributed by atoms with E-state index in [2.05, 4.69) is 20.9 Å². The van der Waals surface area contributed by atoms with Gasteiger partial charge in [-0.1, -0.05) is 0 Å². The summed E-state index contributed by atoms with van der Waals surface area (Å²) in [6.07, 6.45) is 2.78. The van der Waals surface area contributed by atoms with Gasteiger partial charge in [0.2, 0.25) is 10.0 Å². The molecular formula is C10H15BrN2O4S. The van der Waals surface area contributed by atoms with E-state index in [1.807, 2.05) is 0 Å². The number of aliphatic hydroxyl groups is 1. The molecule has 8 heteroatoms. The minimum absolute atomic E-state index is 0.0260. The third-order valence-electron chi connectivity index (χ3n) is 2.21. The quantitative estimate of drug-likeness (QED) is 0.781. The number of pyridine rings is 1. The van der Waals surface area contributed by atoms with E-state index >= 15 is 0 Å². The van der Waals surface area contributed by atoms with E-state index in [4.69, 9.17) is 9.84 Å². The summed E-state index contributed by atoms with van der Waals surface area (Å²) in [5, 5.41) is 8.93. The molecule has 1 rings (SSSR count). The van der Waals surface area contributed by atoms with Crippen LogP contribution >= 0.6 is 15.9 Å². The van der Waals surface area contributed by atoms with Crippen molar-refractivity contribution in [3.05, 3.63) is 22.9 Å². The standard InChI is InChI=1S/C10H15BrN2O4S/c1-17-5-3-13(2-4-14)18(15,16)10-6-9(11)7-12-8-10/h6-8,14H,2-5H2,1H3. The molecule has 0 saturated heterocycles. The van der Waals surface area contributed by atoms with Gasteiger partial charge in [0.1, 0.15) is 4.90 Å². The Labute approximate surface area is 115 Å². The van der Waals surface area contributed by atoms with Gasteiger partial charge in [-0.05, 0) is 22.0 Å². The topological polar surface area (TPSA) is 79.7 Å². The van der Waals surface area contributed by atoms with Crippen molar-refractivity contribution in [3.63, 3.8) is 0 Å². The SMILES string of the molecule is COCCN(CCO)S(=O)(=O)c1cncc(Br)c1. The molecule has 0 unspecified atom stereocenters. The largest absolute Gasteiger partial charge is 0.395 e. The molecule has 0 radical (unpaired) electrons. The van der Waals surface area contributed by atoms with E-state index in [9.17, 15) is 8.42 Å². The van der Waals surface area contributed by atoms with E-state index in [0.29, 0.717) is 4.47 Å². The van der Waals surface area contributed by atoms with Gasteiger partial charge in [-0.15, -0.1) is 0 Å². The lowest BCUT2D eigenvalue weighted by atomic mass is 10.5. The number of halogens is 1. The van der Waals surface area contributed by atoms with E-state index in [1.165, 1.54) is 29.9 Å². The van der Waals surface area contributed by atoms with Crippen molar-refractivity contribution in [2.75, 3.05) is 33.4 Å². The molecule has 0 bridgehead atoms. The first-order valence-corrected chi connectivity index (χ1v) is 7.46. The number of rotatable bonds is 7. The Morgan fingerprint density at radius 1 is 1.44 bits per heavy atom. The zero-order valence-corrected chi connectivity index (χ0v) is 12.3. The molecular weight excluding hydrogens is 324 g/mol. The molecule has 0 aromatic carbocycles. The molecule has 0 atom stereocenters. The van der Waals surface area contributed by atoms with Crippen LogP contribution in [0.25, 0.3) is 0 Å². The zero-order chi connectivity index (χ0) is 13.6. The van der Waals surface area contributed by atoms with Gasteiger partial charge in [-0.2, -0.15) is 4.31 Å². The average molecular weight is 339 g/mol. The van der Waals surface area contributed by atoms with Gasteiger partial charge in [0.05, 0.1) is 13.2 Å². The highest BCUT2D eigenvalue weighted by molar-refractivity contribution is 9.10. The number of nitrogens with zero attached hydrogens (tertiary/aromatic N) is 2. The Balaban J connectivity index is 3.00. The number of methoxy groups -OCH3 is 1. The number of aliphatic hydroxyl groups excluding tert-OH is 1. The van der Waals surface area contributed by atoms with E-state index < -0.39 is 10.0 Å². The summed E-state index contributed by atoms with van der Waals surface area (Å²) < 4.78 is 31.2. The predicted molar refractivity (Wildman–Crippen MR) is 69.7 cm³/mol. The molecule has 102 valence electrons. The molecule has 1 heterocycles. The smallest absolute Gasteiger partial charge is 0.244 e. The molecule has 6 nitrogen and oxygen atoms in total. The van der Waals surface area contributed by atoms with Gasteiger partial charge in [-0.25, -0.2) is 8.42 Å². The summed E-state index contributed by atoms with van der Waals surface area (Å²) in [5.41, 5.74) is 0. The van der Waals surface area contributed by atoms with Crippen LogP contribution in [0.1, 0.15) is 0 Å². The average Bonchev–Trinajstić information content (AvgIpc) is 2.34. The number of ether oxygens (including phenoxy) is 1. The molecule has 1 aromatic heterocycles. The maximum atomic E-state index is 12.3. The highest BCUT2D eigenvalue weighted by Crippen LogP contribution is 2.18. The minimum Gasteiger partial charge on any atom is -0.395 e. The highest BCUT2D eigenvalue weighted by atomic mass is 79.9. The van der Waals surface area contributed by atoms with Crippen LogP contribution in [-0.2, 0) is 14.8 Å². The third kappa shape index (κ3) is 3.99. The summed E-state index contributed by atoms with van der Waals surface area (Å²) in [7, 11) is -2.17. The van der Waals surface area contributed by atoms with Crippen LogP contribution in [0.4, 0.5) is 0 Å². The van der Waals surface area contributed by atoms with Crippen molar-refractivity contribution in [1.29, 1.82) is 0 Å². The Morgan fingerprint density at radius 3 is 2.72 bits per heavy atom. The van der Waals surface area contributed by atoms with Crippen LogP contribution in [-0.4, -0.2) is 56.2 Å². The monoisotopic (exact) mass is 338 g/mol. The van der Waals surface area contributed by atoms with Crippen LogP contribution in [0.2, 0.25) is 0 Å². The molecule has 18 heavy (non-hydrogen) atoms. The van der Waals surface area contributed by atoms with E-state index in [0.717, 1.165) is 0 Å². The van der Waals surface area contributed by atoms with Crippen LogP contribution < -0.4 is 0 Å². The summed E-state index contributed by atoms with van der Waals surface area (Å²) >= 11 is 3.18. The second-order valence-electron chi connectivity index (χ2n) is 3.46. The highest BCUT2D eigenvalue weighted by Gasteiger charge is 2.24. The zero-order valence-electron chi connectivity index (χ0n) is 9.91. The number of aromatic nitrogens is 1. The molecule has 0 aliphatic carbocycles. The summed E-state index contributed by atoms with van der Waals surface area (Å²) in [6.45, 7) is 0.231. The van der Waals surface area contributed by atoms with Gasteiger partial charge >= 0.3 is 0 Å². The van der Waals surface area contributed by atoms with E-state index in [1.54, 1.807) is 0 Å². The van der Waals surface area contributed by atoms with Crippen molar-refractivity contribution < 1.29 is 18.3 Å². The second-order valence-corrected chi connectivity index (χ2v) is 6.31. The molecule has 1 aromatic rings. The normalized spacial score (nSPS) is 12.0. The number of hydrogen-bond acceptors (Lipinski definition) is 5. The van der Waals surface area contributed by atoms with Crippen molar-refractivity contribution in [1.82, 2.24) is 9.29 Å². The number of sulfonamides is 1.